The van der Waals surface area contributed by atoms with Crippen molar-refractivity contribution >= 4 is 6.09 Å². The lowest BCUT2D eigenvalue weighted by atomic mass is 9.97. The Morgan fingerprint density at radius 1 is 1.19 bits per heavy atom. The number of carbonyl (C=O) groups is 1. The molecule has 0 atom stereocenters. The minimum atomic E-state index is -0.434. The topological polar surface area (TPSA) is 38.8 Å². The molecule has 1 aliphatic heterocycles. The molecule has 0 saturated carbocycles. The van der Waals surface area contributed by atoms with Crippen LogP contribution in [0.5, 0.6) is 0 Å². The fourth-order valence-corrected chi connectivity index (χ4v) is 2.78. The van der Waals surface area contributed by atoms with Crippen LogP contribution in [-0.2, 0) is 16.1 Å². The van der Waals surface area contributed by atoms with Crippen molar-refractivity contribution in [3.63, 3.8) is 0 Å². The van der Waals surface area contributed by atoms with Crippen molar-refractivity contribution in [2.24, 2.45) is 5.92 Å². The number of carbonyl (C=O) groups excluding carboxylic acids is 1. The standard InChI is InChI=1S/C22H31NO3/c1-22(2,3)26-21(24)23-15-13-19(14-16-23)10-8-5-9-17-25-18-20-11-6-4-7-12-20/h4,6-7,11-12,19H,5,9,13-18H2,1-3H3. The van der Waals surface area contributed by atoms with Crippen molar-refractivity contribution in [3.05, 3.63) is 35.9 Å². The summed E-state index contributed by atoms with van der Waals surface area (Å²) in [6.07, 6.45) is 3.46. The van der Waals surface area contributed by atoms with E-state index >= 15 is 0 Å². The van der Waals surface area contributed by atoms with E-state index in [9.17, 15) is 4.79 Å². The smallest absolute Gasteiger partial charge is 0.410 e. The normalized spacial score (nSPS) is 15.3. The lowest BCUT2D eigenvalue weighted by Crippen LogP contribution is -2.41. The highest BCUT2D eigenvalue weighted by Crippen LogP contribution is 2.19. The van der Waals surface area contributed by atoms with E-state index in [0.717, 1.165) is 45.4 Å². The van der Waals surface area contributed by atoms with Crippen LogP contribution in [0.1, 0.15) is 52.0 Å². The summed E-state index contributed by atoms with van der Waals surface area (Å²) in [5.41, 5.74) is 0.770. The number of rotatable bonds is 5. The number of hydrogen-bond donors (Lipinski definition) is 0. The first-order chi connectivity index (χ1) is 12.4. The van der Waals surface area contributed by atoms with Gasteiger partial charge in [0.1, 0.15) is 5.60 Å². The van der Waals surface area contributed by atoms with Gasteiger partial charge in [0.15, 0.2) is 0 Å². The molecular weight excluding hydrogens is 326 g/mol. The van der Waals surface area contributed by atoms with Gasteiger partial charge in [-0.3, -0.25) is 0 Å². The van der Waals surface area contributed by atoms with E-state index in [1.807, 2.05) is 39.0 Å². The zero-order valence-corrected chi connectivity index (χ0v) is 16.3. The van der Waals surface area contributed by atoms with Crippen molar-refractivity contribution in [2.75, 3.05) is 19.7 Å². The Labute approximate surface area is 157 Å². The number of unbranched alkanes of at least 4 members (excludes halogenated alkanes) is 1. The van der Waals surface area contributed by atoms with Crippen LogP contribution in [0.4, 0.5) is 4.79 Å². The summed E-state index contributed by atoms with van der Waals surface area (Å²) in [6, 6.07) is 10.2. The molecule has 1 aromatic rings. The lowest BCUT2D eigenvalue weighted by molar-refractivity contribution is 0.0199. The number of nitrogens with zero attached hydrogens (tertiary/aromatic N) is 1. The van der Waals surface area contributed by atoms with Gasteiger partial charge in [0.2, 0.25) is 0 Å². The van der Waals surface area contributed by atoms with Gasteiger partial charge < -0.3 is 14.4 Å². The highest BCUT2D eigenvalue weighted by molar-refractivity contribution is 5.68. The Morgan fingerprint density at radius 3 is 2.54 bits per heavy atom. The number of ether oxygens (including phenoxy) is 2. The Balaban J connectivity index is 1.56. The van der Waals surface area contributed by atoms with Gasteiger partial charge in [0, 0.05) is 32.0 Å². The van der Waals surface area contributed by atoms with Crippen molar-refractivity contribution in [3.8, 4) is 11.8 Å². The van der Waals surface area contributed by atoms with E-state index in [4.69, 9.17) is 9.47 Å². The van der Waals surface area contributed by atoms with Gasteiger partial charge >= 0.3 is 6.09 Å². The number of likely N-dealkylation sites (tertiary alicyclic amines) is 1. The quantitative estimate of drug-likeness (QED) is 0.569. The van der Waals surface area contributed by atoms with Gasteiger partial charge in [-0.25, -0.2) is 4.79 Å². The summed E-state index contributed by atoms with van der Waals surface area (Å²) in [6.45, 7) is 8.55. The molecule has 4 heteroatoms. The molecule has 0 unspecified atom stereocenters. The van der Waals surface area contributed by atoms with Crippen LogP contribution in [0.15, 0.2) is 30.3 Å². The Morgan fingerprint density at radius 2 is 1.88 bits per heavy atom. The average Bonchev–Trinajstić information content (AvgIpc) is 2.61. The van der Waals surface area contributed by atoms with Crippen LogP contribution in [0, 0.1) is 17.8 Å². The first-order valence-electron chi connectivity index (χ1n) is 9.52. The predicted molar refractivity (Wildman–Crippen MR) is 104 cm³/mol. The molecular formula is C22H31NO3. The van der Waals surface area contributed by atoms with Crippen LogP contribution in [-0.4, -0.2) is 36.3 Å². The fourth-order valence-electron chi connectivity index (χ4n) is 2.78. The summed E-state index contributed by atoms with van der Waals surface area (Å²) in [5, 5.41) is 0. The molecule has 1 heterocycles. The van der Waals surface area contributed by atoms with E-state index in [2.05, 4.69) is 24.0 Å². The molecule has 0 spiro atoms. The Bertz CT molecular complexity index is 602. The second-order valence-corrected chi connectivity index (χ2v) is 7.70. The maximum atomic E-state index is 12.0. The Kier molecular flexibility index (Phi) is 8.00. The molecule has 1 aromatic carbocycles. The molecule has 26 heavy (non-hydrogen) atoms. The van der Waals surface area contributed by atoms with E-state index in [0.29, 0.717) is 12.5 Å². The molecule has 0 aromatic heterocycles. The van der Waals surface area contributed by atoms with Crippen LogP contribution < -0.4 is 0 Å². The zero-order chi connectivity index (χ0) is 18.8. The van der Waals surface area contributed by atoms with Crippen molar-refractivity contribution < 1.29 is 14.3 Å². The molecule has 142 valence electrons. The second-order valence-electron chi connectivity index (χ2n) is 7.70. The first kappa shape index (κ1) is 20.3. The van der Waals surface area contributed by atoms with Gasteiger partial charge in [-0.1, -0.05) is 36.3 Å². The fraction of sp³-hybridized carbons (Fsp3) is 0.591. The van der Waals surface area contributed by atoms with Crippen molar-refractivity contribution in [1.29, 1.82) is 0 Å². The maximum Gasteiger partial charge on any atom is 0.410 e. The molecule has 0 aliphatic carbocycles. The van der Waals surface area contributed by atoms with Gasteiger partial charge in [-0.15, -0.1) is 5.92 Å². The third-order valence-electron chi connectivity index (χ3n) is 4.15. The molecule has 1 aliphatic rings. The molecule has 0 bridgehead atoms. The SMILES string of the molecule is CC(C)(C)OC(=O)N1CCC(C#CCCCOCc2ccccc2)CC1. The molecule has 1 fully saturated rings. The zero-order valence-electron chi connectivity index (χ0n) is 16.3. The minimum Gasteiger partial charge on any atom is -0.444 e. The minimum absolute atomic E-state index is 0.209. The van der Waals surface area contributed by atoms with Gasteiger partial charge in [0.05, 0.1) is 6.61 Å². The third-order valence-corrected chi connectivity index (χ3v) is 4.15. The molecule has 1 saturated heterocycles. The maximum absolute atomic E-state index is 12.0. The molecule has 0 radical (unpaired) electrons. The highest BCUT2D eigenvalue weighted by Gasteiger charge is 2.26. The van der Waals surface area contributed by atoms with Crippen molar-refractivity contribution in [1.82, 2.24) is 4.90 Å². The summed E-state index contributed by atoms with van der Waals surface area (Å²) in [5.74, 6) is 7.01. The predicted octanol–water partition coefficient (Wildman–Crippen LogP) is 4.63. The number of benzene rings is 1. The molecule has 0 N–H and O–H groups in total. The second kappa shape index (κ2) is 10.2. The van der Waals surface area contributed by atoms with Crippen LogP contribution in [0.25, 0.3) is 0 Å². The number of hydrogen-bond acceptors (Lipinski definition) is 3. The summed E-state index contributed by atoms with van der Waals surface area (Å²) < 4.78 is 11.1. The van der Waals surface area contributed by atoms with Crippen LogP contribution in [0.2, 0.25) is 0 Å². The summed E-state index contributed by atoms with van der Waals surface area (Å²) in [4.78, 5) is 13.8. The largest absolute Gasteiger partial charge is 0.444 e. The van der Waals surface area contributed by atoms with E-state index in [-0.39, 0.29) is 6.09 Å². The van der Waals surface area contributed by atoms with Gasteiger partial charge in [-0.2, -0.15) is 0 Å². The monoisotopic (exact) mass is 357 g/mol. The molecule has 1 amide bonds. The summed E-state index contributed by atoms with van der Waals surface area (Å²) >= 11 is 0. The lowest BCUT2D eigenvalue weighted by Gasteiger charge is -2.31. The van der Waals surface area contributed by atoms with Gasteiger partial charge in [0.25, 0.3) is 0 Å². The average molecular weight is 357 g/mol. The van der Waals surface area contributed by atoms with E-state index in [1.54, 1.807) is 4.90 Å². The number of amides is 1. The van der Waals surface area contributed by atoms with Crippen LogP contribution in [0.3, 0.4) is 0 Å². The van der Waals surface area contributed by atoms with Gasteiger partial charge in [-0.05, 0) is 45.6 Å². The third kappa shape index (κ3) is 7.93. The van der Waals surface area contributed by atoms with E-state index < -0.39 is 5.60 Å². The van der Waals surface area contributed by atoms with Crippen LogP contribution >= 0.6 is 0 Å². The van der Waals surface area contributed by atoms with E-state index in [1.165, 1.54) is 5.56 Å². The van der Waals surface area contributed by atoms with Crippen molar-refractivity contribution in [2.45, 2.75) is 58.7 Å². The number of piperidine rings is 1. The Hall–Kier alpha value is -1.99. The highest BCUT2D eigenvalue weighted by atomic mass is 16.6. The first-order valence-corrected chi connectivity index (χ1v) is 9.52. The molecule has 4 nitrogen and oxygen atoms in total. The summed E-state index contributed by atoms with van der Waals surface area (Å²) in [7, 11) is 0. The molecule has 2 rings (SSSR count).